The first kappa shape index (κ1) is 11.5. The van der Waals surface area contributed by atoms with Gasteiger partial charge >= 0.3 is 0 Å². The van der Waals surface area contributed by atoms with Crippen molar-refractivity contribution in [1.29, 1.82) is 0 Å². The molecule has 0 bridgehead atoms. The molecule has 0 unspecified atom stereocenters. The van der Waals surface area contributed by atoms with Gasteiger partial charge in [-0.25, -0.2) is 4.98 Å². The van der Waals surface area contributed by atoms with Crippen molar-refractivity contribution in [1.82, 2.24) is 15.2 Å². The number of benzene rings is 1. The summed E-state index contributed by atoms with van der Waals surface area (Å²) in [5, 5.41) is 10.6. The van der Waals surface area contributed by atoms with Crippen molar-refractivity contribution < 1.29 is 4.79 Å². The van der Waals surface area contributed by atoms with E-state index >= 15 is 0 Å². The van der Waals surface area contributed by atoms with E-state index in [0.717, 1.165) is 10.2 Å². The minimum Gasteiger partial charge on any atom is -0.382 e. The predicted octanol–water partition coefficient (Wildman–Crippen LogP) is 1.92. The maximum absolute atomic E-state index is 11.9. The van der Waals surface area contributed by atoms with E-state index in [9.17, 15) is 4.79 Å². The first-order valence-electron chi connectivity index (χ1n) is 5.48. The zero-order valence-electron chi connectivity index (χ0n) is 9.70. The van der Waals surface area contributed by atoms with Gasteiger partial charge in [0.1, 0.15) is 5.82 Å². The number of nitrogens with one attached hydrogen (secondary N) is 1. The third-order valence-corrected chi connectivity index (χ3v) is 3.38. The summed E-state index contributed by atoms with van der Waals surface area (Å²) in [5.41, 5.74) is 6.47. The maximum atomic E-state index is 11.9. The van der Waals surface area contributed by atoms with E-state index in [-0.39, 0.29) is 17.4 Å². The average molecular weight is 271 g/mol. The Labute approximate surface area is 112 Å². The van der Waals surface area contributed by atoms with Crippen LogP contribution in [0.15, 0.2) is 36.4 Å². The fourth-order valence-electron chi connectivity index (χ4n) is 1.55. The molecule has 2 heterocycles. The zero-order valence-corrected chi connectivity index (χ0v) is 10.5. The lowest BCUT2D eigenvalue weighted by atomic mass is 10.3. The summed E-state index contributed by atoms with van der Waals surface area (Å²) in [6, 6.07) is 10.7. The van der Waals surface area contributed by atoms with Crippen molar-refractivity contribution in [2.45, 2.75) is 0 Å². The number of hydrogen-bond acceptors (Lipinski definition) is 6. The molecule has 0 radical (unpaired) electrons. The number of nitrogen functional groups attached to an aromatic ring is 1. The maximum Gasteiger partial charge on any atom is 0.277 e. The standard InChI is InChI=1S/C12H9N5OS/c13-10-6-5-8(16-17-10)11(18)15-12-14-7-3-1-2-4-9(7)19-12/h1-6H,(H2,13,17)(H,14,15,18). The molecular weight excluding hydrogens is 262 g/mol. The van der Waals surface area contributed by atoms with E-state index in [1.54, 1.807) is 0 Å². The van der Waals surface area contributed by atoms with Gasteiger partial charge in [0, 0.05) is 0 Å². The van der Waals surface area contributed by atoms with Gasteiger partial charge in [0.05, 0.1) is 10.2 Å². The minimum absolute atomic E-state index is 0.202. The molecule has 0 aliphatic heterocycles. The highest BCUT2D eigenvalue weighted by molar-refractivity contribution is 7.22. The zero-order chi connectivity index (χ0) is 13.2. The van der Waals surface area contributed by atoms with Gasteiger partial charge in [-0.05, 0) is 24.3 Å². The number of carbonyl (C=O) groups excluding carboxylic acids is 1. The van der Waals surface area contributed by atoms with Gasteiger partial charge in [-0.1, -0.05) is 23.5 Å². The number of rotatable bonds is 2. The third-order valence-electron chi connectivity index (χ3n) is 2.43. The molecule has 2 aromatic heterocycles. The molecule has 0 aliphatic rings. The molecule has 1 aromatic carbocycles. The Hall–Kier alpha value is -2.54. The smallest absolute Gasteiger partial charge is 0.277 e. The highest BCUT2D eigenvalue weighted by Crippen LogP contribution is 2.25. The highest BCUT2D eigenvalue weighted by Gasteiger charge is 2.11. The van der Waals surface area contributed by atoms with Crippen LogP contribution in [0.1, 0.15) is 10.5 Å². The normalized spacial score (nSPS) is 10.5. The van der Waals surface area contributed by atoms with E-state index in [4.69, 9.17) is 5.73 Å². The lowest BCUT2D eigenvalue weighted by Gasteiger charge is -1.99. The lowest BCUT2D eigenvalue weighted by Crippen LogP contribution is -2.14. The van der Waals surface area contributed by atoms with Crippen LogP contribution in [0.2, 0.25) is 0 Å². The lowest BCUT2D eigenvalue weighted by molar-refractivity contribution is 0.102. The highest BCUT2D eigenvalue weighted by atomic mass is 32.1. The molecule has 0 spiro atoms. The second-order valence-electron chi connectivity index (χ2n) is 3.78. The second-order valence-corrected chi connectivity index (χ2v) is 4.81. The number of fused-ring (bicyclic) bond motifs is 1. The van der Waals surface area contributed by atoms with Crippen LogP contribution < -0.4 is 11.1 Å². The number of carbonyl (C=O) groups is 1. The molecule has 3 N–H and O–H groups in total. The van der Waals surface area contributed by atoms with Crippen LogP contribution in [-0.2, 0) is 0 Å². The van der Waals surface area contributed by atoms with Crippen molar-refractivity contribution in [2.75, 3.05) is 11.1 Å². The number of amides is 1. The summed E-state index contributed by atoms with van der Waals surface area (Å²) in [6.07, 6.45) is 0. The molecule has 3 aromatic rings. The fourth-order valence-corrected chi connectivity index (χ4v) is 2.41. The monoisotopic (exact) mass is 271 g/mol. The molecule has 19 heavy (non-hydrogen) atoms. The Morgan fingerprint density at radius 3 is 2.74 bits per heavy atom. The Bertz CT molecular complexity index is 704. The molecule has 1 amide bonds. The van der Waals surface area contributed by atoms with Gasteiger partial charge in [-0.3, -0.25) is 10.1 Å². The van der Waals surface area contributed by atoms with Gasteiger partial charge in [0.2, 0.25) is 0 Å². The van der Waals surface area contributed by atoms with Gasteiger partial charge in [-0.15, -0.1) is 10.2 Å². The summed E-state index contributed by atoms with van der Waals surface area (Å²) < 4.78 is 1.01. The molecule has 0 atom stereocenters. The Morgan fingerprint density at radius 2 is 2.00 bits per heavy atom. The Morgan fingerprint density at radius 1 is 1.16 bits per heavy atom. The summed E-state index contributed by atoms with van der Waals surface area (Å²) in [5.74, 6) is -0.0805. The van der Waals surface area contributed by atoms with Crippen molar-refractivity contribution in [3.8, 4) is 0 Å². The van der Waals surface area contributed by atoms with E-state index in [2.05, 4.69) is 20.5 Å². The molecule has 94 valence electrons. The number of anilines is 2. The number of nitrogens with zero attached hydrogens (tertiary/aromatic N) is 3. The number of nitrogens with two attached hydrogens (primary N) is 1. The molecule has 0 aliphatic carbocycles. The molecule has 7 heteroatoms. The van der Waals surface area contributed by atoms with Crippen LogP contribution in [0.5, 0.6) is 0 Å². The summed E-state index contributed by atoms with van der Waals surface area (Å²) in [6.45, 7) is 0. The van der Waals surface area contributed by atoms with E-state index < -0.39 is 0 Å². The first-order chi connectivity index (χ1) is 9.22. The summed E-state index contributed by atoms with van der Waals surface area (Å²) in [4.78, 5) is 16.2. The van der Waals surface area contributed by atoms with E-state index in [0.29, 0.717) is 5.13 Å². The second kappa shape index (κ2) is 4.62. The van der Waals surface area contributed by atoms with Crippen LogP contribution >= 0.6 is 11.3 Å². The van der Waals surface area contributed by atoms with Gasteiger partial charge < -0.3 is 5.73 Å². The summed E-state index contributed by atoms with van der Waals surface area (Å²) in [7, 11) is 0. The number of aromatic nitrogens is 3. The van der Waals surface area contributed by atoms with Crippen LogP contribution in [0.3, 0.4) is 0 Å². The first-order valence-corrected chi connectivity index (χ1v) is 6.30. The van der Waals surface area contributed by atoms with Crippen LogP contribution in [0.4, 0.5) is 10.9 Å². The summed E-state index contributed by atoms with van der Waals surface area (Å²) >= 11 is 1.41. The number of hydrogen-bond donors (Lipinski definition) is 2. The SMILES string of the molecule is Nc1ccc(C(=O)Nc2nc3ccccc3s2)nn1. The van der Waals surface area contributed by atoms with Crippen LogP contribution in [0, 0.1) is 0 Å². The molecule has 0 fully saturated rings. The molecular formula is C12H9N5OS. The van der Waals surface area contributed by atoms with Gasteiger partial charge in [0.25, 0.3) is 5.91 Å². The van der Waals surface area contributed by atoms with Crippen molar-refractivity contribution in [3.63, 3.8) is 0 Å². The van der Waals surface area contributed by atoms with E-state index in [1.165, 1.54) is 23.5 Å². The number of thiazole rings is 1. The Kier molecular flexibility index (Phi) is 2.81. The topological polar surface area (TPSA) is 93.8 Å². The minimum atomic E-state index is -0.355. The van der Waals surface area contributed by atoms with Crippen LogP contribution in [-0.4, -0.2) is 21.1 Å². The predicted molar refractivity (Wildman–Crippen MR) is 74.0 cm³/mol. The number of para-hydroxylation sites is 1. The van der Waals surface area contributed by atoms with Crippen molar-refractivity contribution in [2.24, 2.45) is 0 Å². The van der Waals surface area contributed by atoms with Crippen molar-refractivity contribution >= 4 is 38.4 Å². The third kappa shape index (κ3) is 2.36. The molecule has 6 nitrogen and oxygen atoms in total. The molecule has 0 saturated carbocycles. The largest absolute Gasteiger partial charge is 0.382 e. The quantitative estimate of drug-likeness (QED) is 0.742. The molecule has 0 saturated heterocycles. The average Bonchev–Trinajstić information content (AvgIpc) is 2.81. The van der Waals surface area contributed by atoms with Gasteiger partial charge in [0.15, 0.2) is 10.8 Å². The molecule has 3 rings (SSSR count). The Balaban J connectivity index is 1.84. The van der Waals surface area contributed by atoms with Crippen molar-refractivity contribution in [3.05, 3.63) is 42.1 Å². The fraction of sp³-hybridized carbons (Fsp3) is 0. The van der Waals surface area contributed by atoms with Gasteiger partial charge in [-0.2, -0.15) is 0 Å². The van der Waals surface area contributed by atoms with E-state index in [1.807, 2.05) is 24.3 Å². The van der Waals surface area contributed by atoms with Crippen LogP contribution in [0.25, 0.3) is 10.2 Å².